The molecule has 4 aliphatic rings. The third-order valence-electron chi connectivity index (χ3n) is 7.01. The van der Waals surface area contributed by atoms with Crippen LogP contribution in [0.1, 0.15) is 30.4 Å². The Labute approximate surface area is 205 Å². The Hall–Kier alpha value is -2.72. The molecule has 11 heteroatoms. The number of carbonyl (C=O) groups excluding carboxylic acids is 1. The summed E-state index contributed by atoms with van der Waals surface area (Å²) in [7, 11) is 0. The van der Waals surface area contributed by atoms with Gasteiger partial charge >= 0.3 is 6.18 Å². The molecule has 186 valence electrons. The van der Waals surface area contributed by atoms with E-state index in [0.29, 0.717) is 44.1 Å². The number of carbonyl (C=O) groups is 1. The Kier molecular flexibility index (Phi) is 6.43. The number of rotatable bonds is 4. The Morgan fingerprint density at radius 1 is 1.11 bits per heavy atom. The number of nitrogens with zero attached hydrogens (tertiary/aromatic N) is 5. The van der Waals surface area contributed by atoms with E-state index >= 15 is 0 Å². The quantitative estimate of drug-likeness (QED) is 0.577. The molecule has 2 bridgehead atoms. The topological polar surface area (TPSA) is 52.6 Å². The summed E-state index contributed by atoms with van der Waals surface area (Å²) in [6.45, 7) is 2.52. The summed E-state index contributed by atoms with van der Waals surface area (Å²) >= 11 is 5.74. The number of halogens is 5. The highest BCUT2D eigenvalue weighted by molar-refractivity contribution is 6.31. The Bertz CT molecular complexity index is 1140. The van der Waals surface area contributed by atoms with Crippen molar-refractivity contribution in [1.29, 1.82) is 0 Å². The van der Waals surface area contributed by atoms with Gasteiger partial charge in [0.25, 0.3) is 0 Å². The molecule has 5 heterocycles. The van der Waals surface area contributed by atoms with Gasteiger partial charge in [0.2, 0.25) is 11.9 Å². The molecule has 0 saturated carbocycles. The number of aromatic nitrogens is 2. The van der Waals surface area contributed by atoms with Crippen LogP contribution in [-0.4, -0.2) is 70.5 Å². The van der Waals surface area contributed by atoms with Gasteiger partial charge in [0.15, 0.2) is 5.82 Å². The normalized spacial score (nSPS) is 22.9. The predicted molar refractivity (Wildman–Crippen MR) is 123 cm³/mol. The van der Waals surface area contributed by atoms with Crippen LogP contribution in [-0.2, 0) is 11.0 Å². The molecule has 3 fully saturated rings. The van der Waals surface area contributed by atoms with Crippen molar-refractivity contribution in [2.75, 3.05) is 37.6 Å². The minimum atomic E-state index is -4.51. The lowest BCUT2D eigenvalue weighted by atomic mass is 9.91. The largest absolute Gasteiger partial charge is 0.417 e. The van der Waals surface area contributed by atoms with Crippen LogP contribution in [0.15, 0.2) is 36.7 Å². The number of piperidine rings is 2. The van der Waals surface area contributed by atoms with Crippen LogP contribution < -0.4 is 4.90 Å². The maximum atomic E-state index is 13.2. The van der Waals surface area contributed by atoms with E-state index in [1.165, 1.54) is 6.07 Å². The summed E-state index contributed by atoms with van der Waals surface area (Å²) in [4.78, 5) is 27.3. The van der Waals surface area contributed by atoms with Gasteiger partial charge in [-0.3, -0.25) is 9.69 Å². The highest BCUT2D eigenvalue weighted by atomic mass is 35.5. The van der Waals surface area contributed by atoms with Crippen molar-refractivity contribution < 1.29 is 22.4 Å². The Morgan fingerprint density at radius 2 is 1.86 bits per heavy atom. The number of alkyl halides is 3. The molecule has 6 nitrogen and oxygen atoms in total. The van der Waals surface area contributed by atoms with Crippen LogP contribution in [0.2, 0.25) is 5.02 Å². The van der Waals surface area contributed by atoms with Gasteiger partial charge in [-0.05, 0) is 42.5 Å². The lowest BCUT2D eigenvalue weighted by Crippen LogP contribution is -2.65. The second kappa shape index (κ2) is 9.39. The van der Waals surface area contributed by atoms with Gasteiger partial charge in [-0.15, -0.1) is 0 Å². The van der Waals surface area contributed by atoms with Crippen LogP contribution in [0.3, 0.4) is 0 Å². The van der Waals surface area contributed by atoms with E-state index in [4.69, 9.17) is 11.6 Å². The van der Waals surface area contributed by atoms with E-state index in [0.717, 1.165) is 36.9 Å². The first-order valence-electron chi connectivity index (χ1n) is 11.5. The highest BCUT2D eigenvalue weighted by Crippen LogP contribution is 2.37. The molecule has 2 aromatic rings. The summed E-state index contributed by atoms with van der Waals surface area (Å²) in [6.07, 6.45) is 2.05. The fourth-order valence-corrected chi connectivity index (χ4v) is 5.40. The third-order valence-corrected chi connectivity index (χ3v) is 7.34. The molecule has 4 aliphatic heterocycles. The van der Waals surface area contributed by atoms with Gasteiger partial charge in [0.1, 0.15) is 0 Å². The van der Waals surface area contributed by atoms with Crippen molar-refractivity contribution >= 4 is 29.0 Å². The maximum Gasteiger partial charge on any atom is 0.417 e. The van der Waals surface area contributed by atoms with Gasteiger partial charge in [0, 0.05) is 38.3 Å². The number of piperazine rings is 1. The van der Waals surface area contributed by atoms with Crippen molar-refractivity contribution in [3.05, 3.63) is 58.6 Å². The molecule has 0 radical (unpaired) electrons. The predicted octanol–water partition coefficient (Wildman–Crippen LogP) is 4.26. The SMILES string of the molecule is O=C(CN1CC=C(c2ccc(Cl)c(C(F)(F)F)c2)CC1)N1CC2CCC1CN2c1ncc(F)cn1. The van der Waals surface area contributed by atoms with Gasteiger partial charge in [-0.2, -0.15) is 13.2 Å². The summed E-state index contributed by atoms with van der Waals surface area (Å²) in [6, 6.07) is 4.12. The molecule has 0 spiro atoms. The van der Waals surface area contributed by atoms with Gasteiger partial charge in [-0.1, -0.05) is 23.7 Å². The number of anilines is 1. The molecule has 1 aromatic heterocycles. The summed E-state index contributed by atoms with van der Waals surface area (Å²) < 4.78 is 52.8. The summed E-state index contributed by atoms with van der Waals surface area (Å²) in [5.41, 5.74) is 0.488. The molecule has 1 aromatic carbocycles. The number of hydrogen-bond acceptors (Lipinski definition) is 5. The van der Waals surface area contributed by atoms with Crippen LogP contribution in [0, 0.1) is 5.82 Å². The average Bonchev–Trinajstić information content (AvgIpc) is 2.85. The number of fused-ring (bicyclic) bond motifs is 3. The molecule has 0 aliphatic carbocycles. The van der Waals surface area contributed by atoms with Gasteiger partial charge in [-0.25, -0.2) is 14.4 Å². The molecule has 1 amide bonds. The monoisotopic (exact) mass is 509 g/mol. The lowest BCUT2D eigenvalue weighted by Gasteiger charge is -2.51. The molecular weight excluding hydrogens is 486 g/mol. The van der Waals surface area contributed by atoms with Crippen LogP contribution in [0.25, 0.3) is 5.57 Å². The number of amides is 1. The van der Waals surface area contributed by atoms with E-state index in [2.05, 4.69) is 14.9 Å². The number of hydrogen-bond donors (Lipinski definition) is 0. The zero-order valence-electron chi connectivity index (χ0n) is 18.8. The van der Waals surface area contributed by atoms with Crippen molar-refractivity contribution in [2.24, 2.45) is 0 Å². The smallest absolute Gasteiger partial charge is 0.335 e. The van der Waals surface area contributed by atoms with Crippen LogP contribution >= 0.6 is 11.6 Å². The molecule has 2 atom stereocenters. The fourth-order valence-electron chi connectivity index (χ4n) is 5.17. The first kappa shape index (κ1) is 24.0. The molecule has 0 N–H and O–H groups in total. The lowest BCUT2D eigenvalue weighted by molar-refractivity contribution is -0.138. The highest BCUT2D eigenvalue weighted by Gasteiger charge is 2.42. The minimum Gasteiger partial charge on any atom is -0.335 e. The van der Waals surface area contributed by atoms with Crippen molar-refractivity contribution in [3.63, 3.8) is 0 Å². The average molecular weight is 510 g/mol. The van der Waals surface area contributed by atoms with Gasteiger partial charge in [0.05, 0.1) is 29.5 Å². The van der Waals surface area contributed by atoms with Crippen molar-refractivity contribution in [3.8, 4) is 0 Å². The zero-order valence-corrected chi connectivity index (χ0v) is 19.6. The third kappa shape index (κ3) is 4.99. The zero-order chi connectivity index (χ0) is 24.7. The fraction of sp³-hybridized carbons (Fsp3) is 0.458. The first-order chi connectivity index (χ1) is 16.7. The van der Waals surface area contributed by atoms with E-state index in [1.807, 2.05) is 15.9 Å². The number of benzene rings is 1. The van der Waals surface area contributed by atoms with Crippen molar-refractivity contribution in [2.45, 2.75) is 37.5 Å². The Balaban J connectivity index is 1.20. The van der Waals surface area contributed by atoms with E-state index < -0.39 is 17.6 Å². The van der Waals surface area contributed by atoms with E-state index in [9.17, 15) is 22.4 Å². The van der Waals surface area contributed by atoms with Gasteiger partial charge < -0.3 is 9.80 Å². The first-order valence-corrected chi connectivity index (χ1v) is 11.9. The summed E-state index contributed by atoms with van der Waals surface area (Å²) in [5.74, 6) is 0.0446. The maximum absolute atomic E-state index is 13.2. The summed E-state index contributed by atoms with van der Waals surface area (Å²) in [5, 5.41) is -0.315. The second-order valence-electron chi connectivity index (χ2n) is 9.19. The van der Waals surface area contributed by atoms with E-state index in [1.54, 1.807) is 6.07 Å². The molecule has 2 unspecified atom stereocenters. The molecular formula is C24H24ClF4N5O. The van der Waals surface area contributed by atoms with Crippen molar-refractivity contribution in [1.82, 2.24) is 19.8 Å². The molecule has 35 heavy (non-hydrogen) atoms. The molecule has 6 rings (SSSR count). The van der Waals surface area contributed by atoms with Crippen LogP contribution in [0.4, 0.5) is 23.5 Å². The van der Waals surface area contributed by atoms with Crippen LogP contribution in [0.5, 0.6) is 0 Å². The Morgan fingerprint density at radius 3 is 2.49 bits per heavy atom. The second-order valence-corrected chi connectivity index (χ2v) is 9.60. The standard InChI is InChI=1S/C24H24ClF4N5O/c25-21-4-1-16(9-20(21)24(27,28)29)15-5-7-32(8-6-15)14-22(35)33-12-19-3-2-18(33)13-34(19)23-30-10-17(26)11-31-23/h1,4-5,9-11,18-19H,2-3,6-8,12-14H2. The van der Waals surface area contributed by atoms with E-state index in [-0.39, 0.29) is 29.6 Å². The molecule has 3 saturated heterocycles. The minimum absolute atomic E-state index is 0.0436.